The minimum Gasteiger partial charge on any atom is -0.310 e. The Morgan fingerprint density at radius 1 is 0.420 bits per heavy atom. The lowest BCUT2D eigenvalue weighted by Crippen LogP contribution is -2.55. The second kappa shape index (κ2) is 10.3. The number of fused-ring (bicyclic) bond motifs is 6. The minimum atomic E-state index is -0.0672. The van der Waals surface area contributed by atoms with Gasteiger partial charge in [0.05, 0.1) is 0 Å². The topological polar surface area (TPSA) is 3.24 Å². The van der Waals surface area contributed by atoms with Crippen molar-refractivity contribution in [1.29, 1.82) is 0 Å². The highest BCUT2D eigenvalue weighted by Gasteiger charge is 2.61. The number of rotatable bonds is 4. The van der Waals surface area contributed by atoms with Crippen LogP contribution in [0.4, 0.5) is 17.1 Å². The van der Waals surface area contributed by atoms with Crippen LogP contribution < -0.4 is 4.90 Å². The van der Waals surface area contributed by atoms with E-state index < -0.39 is 0 Å². The summed E-state index contributed by atoms with van der Waals surface area (Å²) in [5.74, 6) is 3.43. The van der Waals surface area contributed by atoms with Crippen LogP contribution >= 0.6 is 0 Å². The maximum atomic E-state index is 2.56. The van der Waals surface area contributed by atoms with Crippen molar-refractivity contribution in [3.63, 3.8) is 0 Å². The van der Waals surface area contributed by atoms with Crippen molar-refractivity contribution in [1.82, 2.24) is 0 Å². The van der Waals surface area contributed by atoms with E-state index in [-0.39, 0.29) is 10.8 Å². The lowest BCUT2D eigenvalue weighted by atomic mass is 9.43. The quantitative estimate of drug-likeness (QED) is 0.184. The van der Waals surface area contributed by atoms with E-state index in [0.29, 0.717) is 0 Å². The van der Waals surface area contributed by atoms with Crippen LogP contribution in [-0.2, 0) is 10.8 Å². The van der Waals surface area contributed by atoms with Gasteiger partial charge >= 0.3 is 0 Å². The molecule has 6 aromatic rings. The third kappa shape index (κ3) is 3.84. The first-order valence-corrected chi connectivity index (χ1v) is 18.9. The van der Waals surface area contributed by atoms with Gasteiger partial charge in [-0.15, -0.1) is 0 Å². The molecule has 1 nitrogen and oxygen atoms in total. The van der Waals surface area contributed by atoms with Gasteiger partial charge in [0.15, 0.2) is 0 Å². The molecule has 0 unspecified atom stereocenters. The monoisotopic (exact) mass is 645 g/mol. The largest absolute Gasteiger partial charge is 0.310 e. The highest BCUT2D eigenvalue weighted by Crippen LogP contribution is 2.69. The van der Waals surface area contributed by atoms with Gasteiger partial charge in [-0.05, 0) is 148 Å². The molecule has 0 aromatic heterocycles. The van der Waals surface area contributed by atoms with E-state index in [9.17, 15) is 0 Å². The van der Waals surface area contributed by atoms with Gasteiger partial charge in [0.25, 0.3) is 0 Å². The van der Waals surface area contributed by atoms with Gasteiger partial charge in [0.1, 0.15) is 0 Å². The summed E-state index contributed by atoms with van der Waals surface area (Å²) >= 11 is 0. The molecule has 0 atom stereocenters. The SMILES string of the molecule is CC1(C)c2ccccc2-c2ccc(N(c3cccc(-c4ccccc4)c3)c3ccc4c(c3)-c3ccccc3C43C4CC5CC(C4)CC3C5)cc21. The van der Waals surface area contributed by atoms with Gasteiger partial charge in [0.2, 0.25) is 0 Å². The Labute approximate surface area is 296 Å². The summed E-state index contributed by atoms with van der Waals surface area (Å²) in [5, 5.41) is 0. The molecular weight excluding hydrogens is 603 g/mol. The molecule has 50 heavy (non-hydrogen) atoms. The van der Waals surface area contributed by atoms with Crippen LogP contribution in [0.5, 0.6) is 0 Å². The summed E-state index contributed by atoms with van der Waals surface area (Å²) in [4.78, 5) is 2.52. The van der Waals surface area contributed by atoms with Crippen LogP contribution in [0.3, 0.4) is 0 Å². The maximum absolute atomic E-state index is 2.56. The molecule has 4 saturated carbocycles. The van der Waals surface area contributed by atoms with E-state index in [0.717, 1.165) is 23.7 Å². The number of anilines is 3. The smallest absolute Gasteiger partial charge is 0.0468 e. The van der Waals surface area contributed by atoms with Crippen molar-refractivity contribution in [2.24, 2.45) is 23.7 Å². The number of hydrogen-bond acceptors (Lipinski definition) is 1. The first-order valence-electron chi connectivity index (χ1n) is 18.9. The molecule has 1 heteroatoms. The molecule has 0 amide bonds. The Balaban J connectivity index is 1.11. The zero-order chi connectivity index (χ0) is 33.2. The molecule has 1 spiro atoms. The summed E-state index contributed by atoms with van der Waals surface area (Å²) in [6, 6.07) is 53.2. The number of benzene rings is 6. The summed E-state index contributed by atoms with van der Waals surface area (Å²) in [6.07, 6.45) is 7.13. The Hall–Kier alpha value is -4.88. The molecule has 6 aliphatic carbocycles. The molecule has 4 bridgehead atoms. The number of nitrogens with zero attached hydrogens (tertiary/aromatic N) is 1. The highest BCUT2D eigenvalue weighted by molar-refractivity contribution is 5.90. The molecule has 0 aliphatic heterocycles. The molecule has 244 valence electrons. The average molecular weight is 646 g/mol. The Bertz CT molecular complexity index is 2300. The summed E-state index contributed by atoms with van der Waals surface area (Å²) in [5.41, 5.74) is 17.9. The minimum absolute atomic E-state index is 0.0672. The van der Waals surface area contributed by atoms with Crippen molar-refractivity contribution < 1.29 is 0 Å². The molecule has 0 N–H and O–H groups in total. The second-order valence-electron chi connectivity index (χ2n) is 16.6. The van der Waals surface area contributed by atoms with Crippen LogP contribution in [-0.4, -0.2) is 0 Å². The van der Waals surface area contributed by atoms with E-state index in [4.69, 9.17) is 0 Å². The molecule has 0 heterocycles. The Morgan fingerprint density at radius 2 is 0.980 bits per heavy atom. The summed E-state index contributed by atoms with van der Waals surface area (Å²) < 4.78 is 0. The molecule has 6 aliphatic rings. The predicted octanol–water partition coefficient (Wildman–Crippen LogP) is 12.9. The highest BCUT2D eigenvalue weighted by atomic mass is 15.1. The van der Waals surface area contributed by atoms with Gasteiger partial charge in [0, 0.05) is 27.9 Å². The molecule has 0 radical (unpaired) electrons. The molecule has 4 fully saturated rings. The average Bonchev–Trinajstić information content (AvgIpc) is 3.56. The normalized spacial score (nSPS) is 25.6. The van der Waals surface area contributed by atoms with E-state index in [2.05, 4.69) is 158 Å². The lowest BCUT2D eigenvalue weighted by Gasteiger charge is -2.61. The van der Waals surface area contributed by atoms with Gasteiger partial charge in [-0.2, -0.15) is 0 Å². The fourth-order valence-electron chi connectivity index (χ4n) is 12.0. The van der Waals surface area contributed by atoms with Crippen molar-refractivity contribution in [3.05, 3.63) is 162 Å². The summed E-state index contributed by atoms with van der Waals surface area (Å²) in [7, 11) is 0. The van der Waals surface area contributed by atoms with E-state index in [1.54, 1.807) is 11.1 Å². The lowest BCUT2D eigenvalue weighted by molar-refractivity contribution is -0.0399. The van der Waals surface area contributed by atoms with Crippen molar-refractivity contribution in [3.8, 4) is 33.4 Å². The molecule has 6 aromatic carbocycles. The van der Waals surface area contributed by atoms with Gasteiger partial charge in [-0.3, -0.25) is 0 Å². The fourth-order valence-corrected chi connectivity index (χ4v) is 12.0. The second-order valence-corrected chi connectivity index (χ2v) is 16.6. The van der Waals surface area contributed by atoms with Crippen LogP contribution in [0.25, 0.3) is 33.4 Å². The fraction of sp³-hybridized carbons (Fsp3) is 0.265. The maximum Gasteiger partial charge on any atom is 0.0468 e. The molecule has 12 rings (SSSR count). The van der Waals surface area contributed by atoms with E-state index in [1.165, 1.54) is 93.7 Å². The van der Waals surface area contributed by atoms with Gasteiger partial charge in [-0.25, -0.2) is 0 Å². The predicted molar refractivity (Wildman–Crippen MR) is 207 cm³/mol. The zero-order valence-corrected chi connectivity index (χ0v) is 29.1. The number of hydrogen-bond donors (Lipinski definition) is 0. The van der Waals surface area contributed by atoms with E-state index >= 15 is 0 Å². The van der Waals surface area contributed by atoms with Gasteiger partial charge < -0.3 is 4.90 Å². The van der Waals surface area contributed by atoms with Crippen molar-refractivity contribution in [2.45, 2.75) is 56.8 Å². The zero-order valence-electron chi connectivity index (χ0n) is 29.1. The Kier molecular flexibility index (Phi) is 5.97. The third-order valence-electron chi connectivity index (χ3n) is 13.8. The van der Waals surface area contributed by atoms with Crippen LogP contribution in [0, 0.1) is 23.7 Å². The summed E-state index contributed by atoms with van der Waals surface area (Å²) in [6.45, 7) is 4.77. The van der Waals surface area contributed by atoms with E-state index in [1.807, 2.05) is 0 Å². The van der Waals surface area contributed by atoms with Gasteiger partial charge in [-0.1, -0.05) is 117 Å². The van der Waals surface area contributed by atoms with Crippen LogP contribution in [0.1, 0.15) is 68.2 Å². The first kappa shape index (κ1) is 28.9. The Morgan fingerprint density at radius 3 is 1.74 bits per heavy atom. The van der Waals surface area contributed by atoms with Crippen LogP contribution in [0.15, 0.2) is 140 Å². The molecular formula is C49H43N. The van der Waals surface area contributed by atoms with Crippen LogP contribution in [0.2, 0.25) is 0 Å². The molecule has 0 saturated heterocycles. The first-order chi connectivity index (χ1) is 24.5. The third-order valence-corrected chi connectivity index (χ3v) is 13.8. The van der Waals surface area contributed by atoms with Crippen molar-refractivity contribution in [2.75, 3.05) is 4.90 Å². The van der Waals surface area contributed by atoms with Crippen molar-refractivity contribution >= 4 is 17.1 Å². The standard InChI is InChI=1S/C49H43N/c1-48(2)44-17-8-6-15-40(44)42-21-19-39(30-47(42)48)50(37-14-10-13-34(28-37)33-11-4-3-5-12-33)38-20-22-46-43(29-38)41-16-7-9-18-45(41)49(46)35-24-31-23-32(26-35)27-36(49)25-31/h3-22,28-32,35-36H,23-27H2,1-2H3.